The molecule has 1 saturated carbocycles. The molecule has 4 bridgehead atoms. The molecule has 0 radical (unpaired) electrons. The van der Waals surface area contributed by atoms with Gasteiger partial charge in [-0.1, -0.05) is 83.8 Å². The molecule has 6 N–H and O–H groups in total. The van der Waals surface area contributed by atoms with Gasteiger partial charge in [0.1, 0.15) is 23.4 Å². The van der Waals surface area contributed by atoms with Crippen molar-refractivity contribution in [3.8, 4) is 17.2 Å². The van der Waals surface area contributed by atoms with Gasteiger partial charge in [0.15, 0.2) is 11.5 Å². The highest BCUT2D eigenvalue weighted by atomic mass is 16.5. The summed E-state index contributed by atoms with van der Waals surface area (Å²) < 4.78 is 6.36. The second-order valence-electron chi connectivity index (χ2n) is 17.9. The number of nitrogens with one attached hydrogen (secondary N) is 1. The van der Waals surface area contributed by atoms with Crippen LogP contribution in [-0.4, -0.2) is 66.9 Å². The maximum atomic E-state index is 14.8. The molecule has 4 unspecified atom stereocenters. The number of aromatic hydroxyl groups is 2. The highest BCUT2D eigenvalue weighted by molar-refractivity contribution is 6.02. The van der Waals surface area contributed by atoms with Crippen molar-refractivity contribution in [2.24, 2.45) is 5.92 Å². The number of H-pyrrole nitrogens is 1. The number of Topliss-reactive ketones (excluding diaryl/α,β-unsaturated/α-hetero) is 2. The minimum atomic E-state index is -1.34. The maximum Gasteiger partial charge on any atom is 0.163 e. The standard InChI is InChI=1S/C52H55N3O8/c56-22-4-6-32-11-12-34-25-36(32)26-35-16-20-54-51(35)55-30-37-27-44-41(17-21-53-44)43(29-52(62)18-14-33-5-3-9-45(58)40(33)15-19-52)48(37)46(59)28-38(57)13-10-31-23-42(49(34)60)50(61)47(24-31)63-39-7-1-2-8-39/h3,5,9,11-12,15-17,19-21,23-25,27,39,43,48-49,54,56,58,60-62H,1-2,4,6-8,10,13-14,18,22,26,28-30H2/q-2. The number of fused-ring (bicyclic) bond motifs is 8. The highest BCUT2D eigenvalue weighted by Gasteiger charge is 2.40. The van der Waals surface area contributed by atoms with Crippen molar-refractivity contribution in [1.29, 1.82) is 0 Å². The molecule has 1 aliphatic heterocycles. The van der Waals surface area contributed by atoms with Crippen LogP contribution in [0.3, 0.4) is 0 Å². The fraction of sp³-hybridized carbons (Fsp3) is 0.385. The molecule has 5 aromatic rings. The van der Waals surface area contributed by atoms with Crippen molar-refractivity contribution < 1.29 is 39.9 Å². The SMILES string of the molecule is O=C1CCc2cc(OC3CCCC3)c(O)c(c2)C(O)c2ccc(CCCO)c(c2)Cc2cc[nH]c2[N-]CC2=Cc3[n-]ccc3C(CC3(O)C=Cc4c(O)cccc4CC3)C2C(=O)C1. The number of carbonyl (C=O) groups is 2. The Hall–Kier alpha value is -5.88. The zero-order valence-corrected chi connectivity index (χ0v) is 35.4. The Bertz CT molecular complexity index is 2560. The number of nitrogens with zero attached hydrogens (tertiary/aromatic N) is 2. The van der Waals surface area contributed by atoms with Gasteiger partial charge >= 0.3 is 0 Å². The molecular weight excluding hydrogens is 795 g/mol. The number of ketones is 2. The molecule has 3 aromatic carbocycles. The monoisotopic (exact) mass is 849 g/mol. The quantitative estimate of drug-likeness (QED) is 0.0875. The summed E-state index contributed by atoms with van der Waals surface area (Å²) in [5, 5.41) is 61.5. The van der Waals surface area contributed by atoms with Crippen LogP contribution in [0.25, 0.3) is 17.5 Å². The summed E-state index contributed by atoms with van der Waals surface area (Å²) in [7, 11) is 0. The van der Waals surface area contributed by atoms with Gasteiger partial charge in [0.2, 0.25) is 0 Å². The molecule has 63 heavy (non-hydrogen) atoms. The molecule has 3 heterocycles. The highest BCUT2D eigenvalue weighted by Crippen LogP contribution is 2.47. The molecule has 0 spiro atoms. The van der Waals surface area contributed by atoms with Gasteiger partial charge in [0, 0.05) is 30.1 Å². The molecule has 328 valence electrons. The van der Waals surface area contributed by atoms with Gasteiger partial charge < -0.3 is 45.6 Å². The van der Waals surface area contributed by atoms with E-state index in [0.717, 1.165) is 53.5 Å². The second kappa shape index (κ2) is 18.1. The fourth-order valence-electron chi connectivity index (χ4n) is 10.3. The predicted molar refractivity (Wildman–Crippen MR) is 240 cm³/mol. The van der Waals surface area contributed by atoms with Crippen LogP contribution in [0.15, 0.2) is 84.7 Å². The second-order valence-corrected chi connectivity index (χ2v) is 17.9. The van der Waals surface area contributed by atoms with Gasteiger partial charge in [-0.2, -0.15) is 6.20 Å². The predicted octanol–water partition coefficient (Wildman–Crippen LogP) is 8.36. The summed E-state index contributed by atoms with van der Waals surface area (Å²) in [6.07, 6.45) is 14.1. The van der Waals surface area contributed by atoms with Gasteiger partial charge in [-0.05, 0) is 135 Å². The number of carbonyl (C=O) groups excluding carboxylic acids is 2. The summed E-state index contributed by atoms with van der Waals surface area (Å²) in [6.45, 7) is 0.169. The van der Waals surface area contributed by atoms with Crippen LogP contribution < -0.4 is 9.72 Å². The Morgan fingerprint density at radius 3 is 2.60 bits per heavy atom. The number of aromatic nitrogens is 2. The Morgan fingerprint density at radius 1 is 0.905 bits per heavy atom. The number of rotatable bonds is 7. The van der Waals surface area contributed by atoms with E-state index in [9.17, 15) is 35.1 Å². The van der Waals surface area contributed by atoms with Crippen LogP contribution in [0.5, 0.6) is 17.2 Å². The number of ether oxygens (including phenoxy) is 1. The van der Waals surface area contributed by atoms with Crippen molar-refractivity contribution in [1.82, 2.24) is 9.97 Å². The zero-order valence-electron chi connectivity index (χ0n) is 35.4. The third-order valence-corrected chi connectivity index (χ3v) is 13.6. The molecule has 11 nitrogen and oxygen atoms in total. The number of aliphatic hydroxyl groups excluding tert-OH is 2. The van der Waals surface area contributed by atoms with Crippen molar-refractivity contribution >= 4 is 29.5 Å². The number of aryl methyl sites for hydroxylation is 3. The van der Waals surface area contributed by atoms with E-state index in [4.69, 9.17) is 10.1 Å². The van der Waals surface area contributed by atoms with Gasteiger partial charge in [0.25, 0.3) is 0 Å². The van der Waals surface area contributed by atoms with Gasteiger partial charge in [-0.3, -0.25) is 9.59 Å². The molecule has 2 aromatic heterocycles. The van der Waals surface area contributed by atoms with Crippen LogP contribution in [0.2, 0.25) is 0 Å². The Balaban J connectivity index is 1.10. The van der Waals surface area contributed by atoms with Crippen LogP contribution in [0.4, 0.5) is 5.82 Å². The van der Waals surface area contributed by atoms with Crippen LogP contribution >= 0.6 is 0 Å². The average Bonchev–Trinajstić information content (AvgIpc) is 4.05. The van der Waals surface area contributed by atoms with Crippen molar-refractivity contribution in [3.05, 3.63) is 146 Å². The Kier molecular flexibility index (Phi) is 12.2. The molecular formula is C52H55N3O8-2. The summed E-state index contributed by atoms with van der Waals surface area (Å²) in [4.78, 5) is 36.8. The number of phenols is 2. The van der Waals surface area contributed by atoms with Crippen molar-refractivity contribution in [3.63, 3.8) is 0 Å². The number of benzene rings is 3. The molecule has 4 atom stereocenters. The largest absolute Gasteiger partial charge is 0.664 e. The topological polar surface area (TPSA) is 189 Å². The summed E-state index contributed by atoms with van der Waals surface area (Å²) in [6, 6.07) is 18.5. The average molecular weight is 850 g/mol. The van der Waals surface area contributed by atoms with Crippen molar-refractivity contribution in [2.45, 2.75) is 107 Å². The van der Waals surface area contributed by atoms with E-state index in [1.807, 2.05) is 48.7 Å². The number of phenolic OH excluding ortho intramolecular Hbond substituents is 2. The fourth-order valence-corrected chi connectivity index (χ4v) is 10.3. The summed E-state index contributed by atoms with van der Waals surface area (Å²) in [5.74, 6) is -0.925. The first-order valence-corrected chi connectivity index (χ1v) is 22.4. The van der Waals surface area contributed by atoms with E-state index in [2.05, 4.69) is 9.97 Å². The molecule has 11 heteroatoms. The molecule has 4 aliphatic rings. The van der Waals surface area contributed by atoms with Crippen LogP contribution in [0.1, 0.15) is 126 Å². The lowest BCUT2D eigenvalue weighted by molar-refractivity contribution is -0.129. The first-order chi connectivity index (χ1) is 30.6. The van der Waals surface area contributed by atoms with E-state index in [0.29, 0.717) is 65.9 Å². The summed E-state index contributed by atoms with van der Waals surface area (Å²) >= 11 is 0. The number of aromatic amines is 1. The van der Waals surface area contributed by atoms with Crippen molar-refractivity contribution in [2.75, 3.05) is 13.2 Å². The lowest BCUT2D eigenvalue weighted by Gasteiger charge is -2.39. The first kappa shape index (κ1) is 42.4. The number of hydrogen-bond acceptors (Lipinski definition) is 8. The molecule has 0 amide bonds. The smallest absolute Gasteiger partial charge is 0.163 e. The Morgan fingerprint density at radius 2 is 1.76 bits per heavy atom. The minimum Gasteiger partial charge on any atom is -0.664 e. The van der Waals surface area contributed by atoms with E-state index >= 15 is 0 Å². The van der Waals surface area contributed by atoms with Gasteiger partial charge in [0.05, 0.1) is 18.1 Å². The molecule has 3 aliphatic carbocycles. The molecule has 9 rings (SSSR count). The lowest BCUT2D eigenvalue weighted by atomic mass is 9.68. The third-order valence-electron chi connectivity index (χ3n) is 13.6. The minimum absolute atomic E-state index is 0.0301. The lowest BCUT2D eigenvalue weighted by Crippen LogP contribution is -2.36. The molecule has 0 saturated heterocycles. The maximum absolute atomic E-state index is 14.8. The zero-order chi connectivity index (χ0) is 43.7. The summed E-state index contributed by atoms with van der Waals surface area (Å²) in [5.41, 5.74) is 6.89. The Labute approximate surface area is 367 Å². The van der Waals surface area contributed by atoms with E-state index < -0.39 is 23.5 Å². The van der Waals surface area contributed by atoms with E-state index in [-0.39, 0.29) is 79.3 Å². The van der Waals surface area contributed by atoms with E-state index in [1.54, 1.807) is 42.6 Å². The van der Waals surface area contributed by atoms with Crippen LogP contribution in [0, 0.1) is 5.92 Å². The number of hydrogen-bond donors (Lipinski definition) is 6. The first-order valence-electron chi connectivity index (χ1n) is 22.4. The van der Waals surface area contributed by atoms with Crippen LogP contribution in [-0.2, 0) is 35.3 Å². The van der Waals surface area contributed by atoms with E-state index in [1.165, 1.54) is 0 Å². The number of aliphatic hydroxyl groups is 3. The molecule has 1 fully saturated rings. The van der Waals surface area contributed by atoms with Gasteiger partial charge in [-0.15, -0.1) is 5.69 Å². The van der Waals surface area contributed by atoms with Gasteiger partial charge in [-0.25, -0.2) is 0 Å². The normalized spacial score (nSPS) is 22.9. The third kappa shape index (κ3) is 9.00.